The second kappa shape index (κ2) is 7.42. The van der Waals surface area contributed by atoms with Crippen LogP contribution in [0.1, 0.15) is 46.7 Å². The monoisotopic (exact) mass is 355 g/mol. The quantitative estimate of drug-likeness (QED) is 0.826. The molecule has 0 fully saturated rings. The Balaban J connectivity index is 1.97. The summed E-state index contributed by atoms with van der Waals surface area (Å²) in [6.07, 6.45) is -4.62. The van der Waals surface area contributed by atoms with Gasteiger partial charge in [-0.05, 0) is 29.7 Å². The molecule has 0 saturated heterocycles. The molecule has 2 N–H and O–H groups in total. The lowest BCUT2D eigenvalue weighted by Crippen LogP contribution is -2.24. The fourth-order valence-electron chi connectivity index (χ4n) is 2.42. The van der Waals surface area contributed by atoms with E-state index in [1.165, 1.54) is 30.3 Å². The molecular formula is C17H16F3NO4. The van der Waals surface area contributed by atoms with Crippen LogP contribution in [0.4, 0.5) is 13.2 Å². The van der Waals surface area contributed by atoms with Crippen LogP contribution in [0.2, 0.25) is 0 Å². The summed E-state index contributed by atoms with van der Waals surface area (Å²) in [7, 11) is 0. The van der Waals surface area contributed by atoms with Crippen LogP contribution in [0, 0.1) is 0 Å². The van der Waals surface area contributed by atoms with Crippen molar-refractivity contribution >= 4 is 11.9 Å². The molecule has 0 radical (unpaired) electrons. The average molecular weight is 355 g/mol. The van der Waals surface area contributed by atoms with Gasteiger partial charge in [-0.15, -0.1) is 0 Å². The molecule has 0 aliphatic heterocycles. The minimum Gasteiger partial charge on any atom is -0.475 e. The highest BCUT2D eigenvalue weighted by molar-refractivity contribution is 5.84. The van der Waals surface area contributed by atoms with Gasteiger partial charge in [-0.3, -0.25) is 4.79 Å². The normalized spacial score (nSPS) is 12.6. The van der Waals surface area contributed by atoms with E-state index in [0.717, 1.165) is 6.07 Å². The molecule has 2 rings (SSSR count). The molecule has 0 aliphatic carbocycles. The molecule has 1 atom stereocenters. The van der Waals surface area contributed by atoms with Crippen molar-refractivity contribution in [3.05, 3.63) is 59.0 Å². The third-order valence-corrected chi connectivity index (χ3v) is 3.62. The van der Waals surface area contributed by atoms with Crippen molar-refractivity contribution in [3.8, 4) is 0 Å². The molecule has 8 heteroatoms. The highest BCUT2D eigenvalue weighted by Gasteiger charge is 2.34. The van der Waals surface area contributed by atoms with Gasteiger partial charge in [-0.25, -0.2) is 4.79 Å². The molecule has 1 heterocycles. The van der Waals surface area contributed by atoms with Crippen LogP contribution in [0.15, 0.2) is 40.8 Å². The van der Waals surface area contributed by atoms with Crippen molar-refractivity contribution in [1.82, 2.24) is 5.32 Å². The highest BCUT2D eigenvalue weighted by atomic mass is 19.4. The Hall–Kier alpha value is -2.77. The summed E-state index contributed by atoms with van der Waals surface area (Å²) >= 11 is 0. The Kier molecular flexibility index (Phi) is 5.51. The largest absolute Gasteiger partial charge is 0.475 e. The number of carbonyl (C=O) groups excluding carboxylic acids is 1. The molecule has 0 aliphatic rings. The first kappa shape index (κ1) is 18.6. The first-order valence-corrected chi connectivity index (χ1v) is 7.43. The van der Waals surface area contributed by atoms with E-state index in [9.17, 15) is 22.8 Å². The Morgan fingerprint density at radius 2 is 1.88 bits per heavy atom. The molecular weight excluding hydrogens is 339 g/mol. The maximum absolute atomic E-state index is 13.0. The van der Waals surface area contributed by atoms with Crippen molar-refractivity contribution in [2.45, 2.75) is 32.0 Å². The van der Waals surface area contributed by atoms with Gasteiger partial charge in [0.1, 0.15) is 5.76 Å². The SMILES string of the molecule is CC(CC(=O)NCc1ccc(C(=O)O)o1)c1ccccc1C(F)(F)F. The zero-order valence-corrected chi connectivity index (χ0v) is 13.3. The number of nitrogens with one attached hydrogen (secondary N) is 1. The zero-order chi connectivity index (χ0) is 18.6. The van der Waals surface area contributed by atoms with Gasteiger partial charge in [0.15, 0.2) is 0 Å². The van der Waals surface area contributed by atoms with Crippen molar-refractivity contribution < 1.29 is 32.3 Å². The maximum Gasteiger partial charge on any atom is 0.416 e. The lowest BCUT2D eigenvalue weighted by Gasteiger charge is -2.18. The second-order valence-corrected chi connectivity index (χ2v) is 5.54. The van der Waals surface area contributed by atoms with E-state index in [-0.39, 0.29) is 30.0 Å². The van der Waals surface area contributed by atoms with Crippen molar-refractivity contribution in [2.75, 3.05) is 0 Å². The molecule has 1 aromatic heterocycles. The van der Waals surface area contributed by atoms with E-state index in [2.05, 4.69) is 5.32 Å². The topological polar surface area (TPSA) is 79.5 Å². The Bertz CT molecular complexity index is 767. The lowest BCUT2D eigenvalue weighted by molar-refractivity contribution is -0.138. The number of halogens is 3. The number of aromatic carboxylic acids is 1. The van der Waals surface area contributed by atoms with E-state index >= 15 is 0 Å². The molecule has 1 aromatic carbocycles. The standard InChI is InChI=1S/C17H16F3NO4/c1-10(12-4-2-3-5-13(12)17(18,19)20)8-15(22)21-9-11-6-7-14(25-11)16(23)24/h2-7,10H,8-9H2,1H3,(H,21,22)(H,23,24). The number of amides is 1. The first-order chi connectivity index (χ1) is 11.7. The number of furan rings is 1. The minimum absolute atomic E-state index is 0.0419. The Morgan fingerprint density at radius 3 is 2.48 bits per heavy atom. The van der Waals surface area contributed by atoms with E-state index < -0.39 is 29.5 Å². The maximum atomic E-state index is 13.0. The summed E-state index contributed by atoms with van der Waals surface area (Å²) in [6, 6.07) is 7.80. The molecule has 0 spiro atoms. The molecule has 134 valence electrons. The lowest BCUT2D eigenvalue weighted by atomic mass is 9.92. The number of hydrogen-bond donors (Lipinski definition) is 2. The molecule has 1 amide bonds. The number of carbonyl (C=O) groups is 2. The summed E-state index contributed by atoms with van der Waals surface area (Å²) in [5.41, 5.74) is -0.705. The third-order valence-electron chi connectivity index (χ3n) is 3.62. The minimum atomic E-state index is -4.48. The number of benzene rings is 1. The van der Waals surface area contributed by atoms with Gasteiger partial charge in [0.2, 0.25) is 11.7 Å². The van der Waals surface area contributed by atoms with E-state index in [1.807, 2.05) is 0 Å². The number of carboxylic acids is 1. The highest BCUT2D eigenvalue weighted by Crippen LogP contribution is 2.35. The third kappa shape index (κ3) is 4.85. The van der Waals surface area contributed by atoms with Crippen LogP contribution in [0.25, 0.3) is 0 Å². The van der Waals surface area contributed by atoms with Crippen molar-refractivity contribution in [1.29, 1.82) is 0 Å². The Morgan fingerprint density at radius 1 is 1.20 bits per heavy atom. The van der Waals surface area contributed by atoms with Gasteiger partial charge in [0, 0.05) is 6.42 Å². The number of hydrogen-bond acceptors (Lipinski definition) is 3. The fourth-order valence-corrected chi connectivity index (χ4v) is 2.42. The van der Waals surface area contributed by atoms with Crippen molar-refractivity contribution in [2.24, 2.45) is 0 Å². The van der Waals surface area contributed by atoms with Crippen LogP contribution in [-0.2, 0) is 17.5 Å². The summed E-state index contributed by atoms with van der Waals surface area (Å²) in [6.45, 7) is 1.50. The average Bonchev–Trinajstić information content (AvgIpc) is 3.01. The molecule has 25 heavy (non-hydrogen) atoms. The summed E-state index contributed by atoms with van der Waals surface area (Å²) in [5, 5.41) is 11.2. The van der Waals surface area contributed by atoms with Gasteiger partial charge in [0.25, 0.3) is 0 Å². The summed E-state index contributed by atoms with van der Waals surface area (Å²) < 4.78 is 44.1. The van der Waals surface area contributed by atoms with Gasteiger partial charge in [-0.1, -0.05) is 25.1 Å². The predicted molar refractivity (Wildman–Crippen MR) is 82.0 cm³/mol. The van der Waals surface area contributed by atoms with Gasteiger partial charge in [0.05, 0.1) is 12.1 Å². The fraction of sp³-hybridized carbons (Fsp3) is 0.294. The zero-order valence-electron chi connectivity index (χ0n) is 13.3. The van der Waals surface area contributed by atoms with Gasteiger partial charge >= 0.3 is 12.1 Å². The smallest absolute Gasteiger partial charge is 0.416 e. The molecule has 1 unspecified atom stereocenters. The van der Waals surface area contributed by atoms with Gasteiger partial charge < -0.3 is 14.8 Å². The van der Waals surface area contributed by atoms with E-state index in [0.29, 0.717) is 0 Å². The summed E-state index contributed by atoms with van der Waals surface area (Å²) in [4.78, 5) is 22.6. The van der Waals surface area contributed by atoms with Crippen LogP contribution >= 0.6 is 0 Å². The molecule has 5 nitrogen and oxygen atoms in total. The van der Waals surface area contributed by atoms with Crippen LogP contribution in [0.3, 0.4) is 0 Å². The van der Waals surface area contributed by atoms with Crippen LogP contribution < -0.4 is 5.32 Å². The van der Waals surface area contributed by atoms with Crippen LogP contribution in [-0.4, -0.2) is 17.0 Å². The van der Waals surface area contributed by atoms with E-state index in [1.54, 1.807) is 6.92 Å². The number of carboxylic acid groups (broad SMARTS) is 1. The second-order valence-electron chi connectivity index (χ2n) is 5.54. The molecule has 0 saturated carbocycles. The molecule has 2 aromatic rings. The summed E-state index contributed by atoms with van der Waals surface area (Å²) in [5.74, 6) is -2.33. The number of alkyl halides is 3. The molecule has 0 bridgehead atoms. The number of rotatable bonds is 6. The first-order valence-electron chi connectivity index (χ1n) is 7.43. The van der Waals surface area contributed by atoms with E-state index in [4.69, 9.17) is 9.52 Å². The predicted octanol–water partition coefficient (Wildman–Crippen LogP) is 3.81. The van der Waals surface area contributed by atoms with Crippen molar-refractivity contribution in [3.63, 3.8) is 0 Å². The van der Waals surface area contributed by atoms with Crippen LogP contribution in [0.5, 0.6) is 0 Å². The van der Waals surface area contributed by atoms with Gasteiger partial charge in [-0.2, -0.15) is 13.2 Å². The Labute approximate surface area is 141 Å².